The molecule has 3 rings (SSSR count). The summed E-state index contributed by atoms with van der Waals surface area (Å²) < 4.78 is 5.20. The zero-order valence-electron chi connectivity index (χ0n) is 13.4. The Morgan fingerprint density at radius 3 is 2.96 bits per heavy atom. The summed E-state index contributed by atoms with van der Waals surface area (Å²) in [7, 11) is 0. The van der Waals surface area contributed by atoms with Crippen molar-refractivity contribution in [2.45, 2.75) is 38.1 Å². The molecule has 23 heavy (non-hydrogen) atoms. The fourth-order valence-corrected chi connectivity index (χ4v) is 3.45. The molecule has 2 amide bonds. The summed E-state index contributed by atoms with van der Waals surface area (Å²) in [6.45, 7) is 3.33. The van der Waals surface area contributed by atoms with Crippen molar-refractivity contribution in [3.8, 4) is 0 Å². The van der Waals surface area contributed by atoms with Crippen LogP contribution in [0.3, 0.4) is 0 Å². The zero-order valence-corrected chi connectivity index (χ0v) is 13.4. The van der Waals surface area contributed by atoms with Gasteiger partial charge in [-0.2, -0.15) is 0 Å². The highest BCUT2D eigenvalue weighted by molar-refractivity contribution is 5.95. The van der Waals surface area contributed by atoms with E-state index in [0.29, 0.717) is 24.8 Å². The number of likely N-dealkylation sites (tertiary alicyclic amines) is 1. The van der Waals surface area contributed by atoms with E-state index >= 15 is 0 Å². The van der Waals surface area contributed by atoms with Crippen LogP contribution in [0, 0.1) is 5.92 Å². The maximum Gasteiger partial charge on any atom is 0.290 e. The molecule has 2 aliphatic rings. The molecule has 3 heterocycles. The molecule has 2 unspecified atom stereocenters. The molecule has 2 fully saturated rings. The number of carbonyl (C=O) groups is 2. The van der Waals surface area contributed by atoms with E-state index in [-0.39, 0.29) is 17.9 Å². The van der Waals surface area contributed by atoms with Crippen LogP contribution >= 0.6 is 0 Å². The van der Waals surface area contributed by atoms with Crippen molar-refractivity contribution >= 4 is 11.8 Å². The number of hydrogen-bond donors (Lipinski definition) is 2. The minimum atomic E-state index is -0.377. The molecule has 2 aliphatic heterocycles. The molecule has 0 aromatic carbocycles. The van der Waals surface area contributed by atoms with Crippen molar-refractivity contribution in [1.82, 2.24) is 15.5 Å². The predicted molar refractivity (Wildman–Crippen MR) is 86.0 cm³/mol. The second-order valence-electron chi connectivity index (χ2n) is 6.44. The number of furan rings is 1. The Bertz CT molecular complexity index is 523. The van der Waals surface area contributed by atoms with Gasteiger partial charge in [-0.25, -0.2) is 0 Å². The summed E-state index contributed by atoms with van der Waals surface area (Å²) in [4.78, 5) is 26.8. The Morgan fingerprint density at radius 2 is 2.22 bits per heavy atom. The van der Waals surface area contributed by atoms with Gasteiger partial charge in [-0.1, -0.05) is 0 Å². The fourth-order valence-electron chi connectivity index (χ4n) is 3.45. The first-order valence-corrected chi connectivity index (χ1v) is 8.58. The highest BCUT2D eigenvalue weighted by atomic mass is 16.3. The van der Waals surface area contributed by atoms with E-state index in [1.807, 2.05) is 0 Å². The maximum absolute atomic E-state index is 12.6. The molecule has 0 saturated carbocycles. The van der Waals surface area contributed by atoms with Gasteiger partial charge in [0.05, 0.1) is 6.26 Å². The van der Waals surface area contributed by atoms with E-state index in [9.17, 15) is 9.59 Å². The third-order valence-electron chi connectivity index (χ3n) is 4.76. The molecule has 1 aromatic heterocycles. The van der Waals surface area contributed by atoms with Gasteiger partial charge in [0.15, 0.2) is 5.76 Å². The molecule has 0 radical (unpaired) electrons. The topological polar surface area (TPSA) is 74.6 Å². The lowest BCUT2D eigenvalue weighted by atomic mass is 9.98. The van der Waals surface area contributed by atoms with Crippen LogP contribution in [0.25, 0.3) is 0 Å². The molecule has 6 nitrogen and oxygen atoms in total. The molecule has 0 aliphatic carbocycles. The molecule has 1 aromatic rings. The molecule has 6 heteroatoms. The molecule has 2 N–H and O–H groups in total. The first-order valence-electron chi connectivity index (χ1n) is 8.58. The van der Waals surface area contributed by atoms with Crippen LogP contribution in [-0.4, -0.2) is 48.9 Å². The first-order chi connectivity index (χ1) is 11.3. The van der Waals surface area contributed by atoms with Crippen molar-refractivity contribution < 1.29 is 14.0 Å². The zero-order chi connectivity index (χ0) is 16.1. The average molecular weight is 319 g/mol. The SMILES string of the molecule is O=C(NCC1CCCNC1)C1CCCCN1C(=O)c1ccco1. The van der Waals surface area contributed by atoms with Gasteiger partial charge >= 0.3 is 0 Å². The summed E-state index contributed by atoms with van der Waals surface area (Å²) >= 11 is 0. The molecule has 2 atom stereocenters. The minimum absolute atomic E-state index is 0.0322. The van der Waals surface area contributed by atoms with E-state index < -0.39 is 0 Å². The number of nitrogens with one attached hydrogen (secondary N) is 2. The van der Waals surface area contributed by atoms with Crippen LogP contribution in [-0.2, 0) is 4.79 Å². The van der Waals surface area contributed by atoms with E-state index in [4.69, 9.17) is 4.42 Å². The van der Waals surface area contributed by atoms with Crippen LogP contribution in [0.2, 0.25) is 0 Å². The lowest BCUT2D eigenvalue weighted by Crippen LogP contribution is -2.53. The van der Waals surface area contributed by atoms with Gasteiger partial charge < -0.3 is 20.0 Å². The number of hydrogen-bond acceptors (Lipinski definition) is 4. The smallest absolute Gasteiger partial charge is 0.290 e. The Morgan fingerprint density at radius 1 is 1.30 bits per heavy atom. The van der Waals surface area contributed by atoms with Gasteiger partial charge in [-0.3, -0.25) is 9.59 Å². The Hall–Kier alpha value is -1.82. The molecular weight excluding hydrogens is 294 g/mol. The predicted octanol–water partition coefficient (Wildman–Crippen LogP) is 1.39. The van der Waals surface area contributed by atoms with Gasteiger partial charge in [0.1, 0.15) is 6.04 Å². The summed E-state index contributed by atoms with van der Waals surface area (Å²) in [5, 5.41) is 6.40. The number of carbonyl (C=O) groups excluding carboxylic acids is 2. The largest absolute Gasteiger partial charge is 0.459 e. The van der Waals surface area contributed by atoms with Gasteiger partial charge in [0.2, 0.25) is 5.91 Å². The molecule has 2 saturated heterocycles. The second kappa shape index (κ2) is 7.64. The van der Waals surface area contributed by atoms with E-state index in [1.54, 1.807) is 17.0 Å². The van der Waals surface area contributed by atoms with Gasteiger partial charge in [0, 0.05) is 13.1 Å². The number of piperidine rings is 2. The third-order valence-corrected chi connectivity index (χ3v) is 4.76. The summed E-state index contributed by atoms with van der Waals surface area (Å²) in [6.07, 6.45) is 6.43. The highest BCUT2D eigenvalue weighted by Gasteiger charge is 2.33. The fraction of sp³-hybridized carbons (Fsp3) is 0.647. The number of nitrogens with zero attached hydrogens (tertiary/aromatic N) is 1. The molecule has 0 bridgehead atoms. The monoisotopic (exact) mass is 319 g/mol. The van der Waals surface area contributed by atoms with Crippen LogP contribution in [0.5, 0.6) is 0 Å². The van der Waals surface area contributed by atoms with Gasteiger partial charge in [-0.15, -0.1) is 0 Å². The van der Waals surface area contributed by atoms with Crippen LogP contribution in [0.15, 0.2) is 22.8 Å². The summed E-state index contributed by atoms with van der Waals surface area (Å²) in [6, 6.07) is 2.97. The lowest BCUT2D eigenvalue weighted by Gasteiger charge is -2.34. The quantitative estimate of drug-likeness (QED) is 0.879. The molecule has 126 valence electrons. The first kappa shape index (κ1) is 16.1. The minimum Gasteiger partial charge on any atom is -0.459 e. The summed E-state index contributed by atoms with van der Waals surface area (Å²) in [5.41, 5.74) is 0. The maximum atomic E-state index is 12.6. The lowest BCUT2D eigenvalue weighted by molar-refractivity contribution is -0.126. The second-order valence-corrected chi connectivity index (χ2v) is 6.44. The molecular formula is C17H25N3O3. The van der Waals surface area contributed by atoms with Gasteiger partial charge in [0.25, 0.3) is 5.91 Å². The van der Waals surface area contributed by atoms with Gasteiger partial charge in [-0.05, 0) is 63.2 Å². The van der Waals surface area contributed by atoms with Crippen molar-refractivity contribution in [3.63, 3.8) is 0 Å². The van der Waals surface area contributed by atoms with E-state index in [0.717, 1.165) is 45.2 Å². The van der Waals surface area contributed by atoms with Crippen molar-refractivity contribution in [1.29, 1.82) is 0 Å². The third kappa shape index (κ3) is 3.93. The Balaban J connectivity index is 1.58. The Labute approximate surface area is 136 Å². The van der Waals surface area contributed by atoms with Crippen LogP contribution in [0.1, 0.15) is 42.7 Å². The Kier molecular flexibility index (Phi) is 5.33. The summed E-state index contributed by atoms with van der Waals surface area (Å²) in [5.74, 6) is 0.580. The standard InChI is InChI=1S/C17H25N3O3/c21-16(19-12-13-5-3-8-18-11-13)14-6-1-2-9-20(14)17(22)15-7-4-10-23-15/h4,7,10,13-14,18H,1-3,5-6,8-9,11-12H2,(H,19,21). The van der Waals surface area contributed by atoms with Crippen molar-refractivity contribution in [2.75, 3.05) is 26.2 Å². The van der Waals surface area contributed by atoms with Crippen molar-refractivity contribution in [3.05, 3.63) is 24.2 Å². The normalized spacial score (nSPS) is 25.1. The number of rotatable bonds is 4. The van der Waals surface area contributed by atoms with Crippen molar-refractivity contribution in [2.24, 2.45) is 5.92 Å². The van der Waals surface area contributed by atoms with E-state index in [2.05, 4.69) is 10.6 Å². The van der Waals surface area contributed by atoms with Crippen LogP contribution < -0.4 is 10.6 Å². The van der Waals surface area contributed by atoms with E-state index in [1.165, 1.54) is 6.26 Å². The molecule has 0 spiro atoms. The van der Waals surface area contributed by atoms with Crippen LogP contribution in [0.4, 0.5) is 0 Å². The highest BCUT2D eigenvalue weighted by Crippen LogP contribution is 2.20. The average Bonchev–Trinajstić information content (AvgIpc) is 3.14. The number of amides is 2.